The van der Waals surface area contributed by atoms with E-state index in [-0.39, 0.29) is 11.9 Å². The quantitative estimate of drug-likeness (QED) is 0.829. The zero-order valence-electron chi connectivity index (χ0n) is 15.1. The van der Waals surface area contributed by atoms with E-state index in [4.69, 9.17) is 14.2 Å². The first-order valence-electron chi connectivity index (χ1n) is 8.49. The van der Waals surface area contributed by atoms with Crippen molar-refractivity contribution in [3.8, 4) is 11.5 Å². The van der Waals surface area contributed by atoms with Crippen molar-refractivity contribution in [2.75, 3.05) is 20.8 Å². The predicted molar refractivity (Wildman–Crippen MR) is 98.7 cm³/mol. The first-order valence-corrected chi connectivity index (χ1v) is 8.49. The molecule has 3 rings (SSSR count). The summed E-state index contributed by atoms with van der Waals surface area (Å²) in [6, 6.07) is 10.7. The molecule has 26 heavy (non-hydrogen) atoms. The van der Waals surface area contributed by atoms with Gasteiger partial charge in [-0.25, -0.2) is 4.79 Å². The Morgan fingerprint density at radius 2 is 1.85 bits per heavy atom. The zero-order valence-corrected chi connectivity index (χ0v) is 15.1. The molecule has 0 fully saturated rings. The van der Waals surface area contributed by atoms with Crippen LogP contribution in [0.3, 0.4) is 0 Å². The fourth-order valence-electron chi connectivity index (χ4n) is 3.29. The number of rotatable bonds is 5. The lowest BCUT2D eigenvalue weighted by molar-refractivity contribution is 0.0526. The standard InChI is InChI=1S/C21H22O5/c1-4-26-21(23)14-7-5-6-13(12-14)15-8-9-16-17(24-2)10-11-18(25-3)19(16)20(15)22/h5-12,15,20,22H,4H2,1-3H3/t15-,20+/m1/s1. The van der Waals surface area contributed by atoms with Crippen LogP contribution >= 0.6 is 0 Å². The lowest BCUT2D eigenvalue weighted by atomic mass is 9.81. The van der Waals surface area contributed by atoms with Crippen LogP contribution in [0, 0.1) is 0 Å². The zero-order chi connectivity index (χ0) is 18.7. The molecule has 0 heterocycles. The SMILES string of the molecule is CCOC(=O)c1cccc([C@H]2C=Cc3c(OC)ccc(OC)c3[C@H]2O)c1. The van der Waals surface area contributed by atoms with Crippen molar-refractivity contribution in [2.24, 2.45) is 0 Å². The number of carbonyl (C=O) groups is 1. The first kappa shape index (κ1) is 18.0. The molecule has 0 radical (unpaired) electrons. The van der Waals surface area contributed by atoms with E-state index in [0.29, 0.717) is 29.2 Å². The van der Waals surface area contributed by atoms with Gasteiger partial charge in [0, 0.05) is 17.0 Å². The van der Waals surface area contributed by atoms with Gasteiger partial charge in [0.05, 0.1) is 32.5 Å². The van der Waals surface area contributed by atoms with E-state index in [1.165, 1.54) is 0 Å². The second kappa shape index (κ2) is 7.62. The lowest BCUT2D eigenvalue weighted by Gasteiger charge is -2.28. The number of hydrogen-bond acceptors (Lipinski definition) is 5. The van der Waals surface area contributed by atoms with Gasteiger partial charge in [0.2, 0.25) is 0 Å². The van der Waals surface area contributed by atoms with Crippen LogP contribution in [0.4, 0.5) is 0 Å². The minimum Gasteiger partial charge on any atom is -0.496 e. The highest BCUT2D eigenvalue weighted by molar-refractivity contribution is 5.89. The summed E-state index contributed by atoms with van der Waals surface area (Å²) in [6.45, 7) is 2.09. The highest BCUT2D eigenvalue weighted by Crippen LogP contribution is 2.45. The van der Waals surface area contributed by atoms with Crippen LogP contribution in [0.15, 0.2) is 42.5 Å². The summed E-state index contributed by atoms with van der Waals surface area (Å²) in [7, 11) is 3.17. The number of ether oxygens (including phenoxy) is 3. The highest BCUT2D eigenvalue weighted by atomic mass is 16.5. The Labute approximate surface area is 152 Å². The molecule has 0 unspecified atom stereocenters. The van der Waals surface area contributed by atoms with E-state index >= 15 is 0 Å². The summed E-state index contributed by atoms with van der Waals surface area (Å²) in [4.78, 5) is 12.0. The van der Waals surface area contributed by atoms with E-state index in [1.54, 1.807) is 45.4 Å². The van der Waals surface area contributed by atoms with Crippen molar-refractivity contribution in [1.82, 2.24) is 0 Å². The summed E-state index contributed by atoms with van der Waals surface area (Å²) in [5.41, 5.74) is 2.78. The number of methoxy groups -OCH3 is 2. The first-order chi connectivity index (χ1) is 12.6. The largest absolute Gasteiger partial charge is 0.496 e. The number of hydrogen-bond donors (Lipinski definition) is 1. The Balaban J connectivity index is 2.02. The smallest absolute Gasteiger partial charge is 0.338 e. The molecule has 1 N–H and O–H groups in total. The number of aliphatic hydroxyl groups is 1. The van der Waals surface area contributed by atoms with Gasteiger partial charge in [-0.15, -0.1) is 0 Å². The van der Waals surface area contributed by atoms with Gasteiger partial charge in [0.25, 0.3) is 0 Å². The molecule has 1 aliphatic carbocycles. The van der Waals surface area contributed by atoms with Gasteiger partial charge in [-0.1, -0.05) is 24.3 Å². The predicted octanol–water partition coefficient (Wildman–Crippen LogP) is 3.72. The molecule has 0 amide bonds. The van der Waals surface area contributed by atoms with Crippen molar-refractivity contribution >= 4 is 12.0 Å². The van der Waals surface area contributed by atoms with Crippen LogP contribution in [0.1, 0.15) is 46.0 Å². The van der Waals surface area contributed by atoms with E-state index in [2.05, 4.69) is 0 Å². The molecule has 5 heteroatoms. The van der Waals surface area contributed by atoms with Crippen LogP contribution in [0.2, 0.25) is 0 Å². The molecule has 0 saturated carbocycles. The molecule has 2 atom stereocenters. The van der Waals surface area contributed by atoms with Crippen molar-refractivity contribution < 1.29 is 24.1 Å². The molecular formula is C21H22O5. The summed E-state index contributed by atoms with van der Waals surface area (Å²) < 4.78 is 15.9. The van der Waals surface area contributed by atoms with Crippen molar-refractivity contribution in [3.05, 3.63) is 64.7 Å². The number of aliphatic hydroxyl groups excluding tert-OH is 1. The maximum absolute atomic E-state index is 12.0. The second-order valence-corrected chi connectivity index (χ2v) is 5.97. The van der Waals surface area contributed by atoms with Gasteiger partial charge in [-0.05, 0) is 36.8 Å². The molecule has 0 spiro atoms. The van der Waals surface area contributed by atoms with E-state index in [1.807, 2.05) is 24.3 Å². The van der Waals surface area contributed by atoms with Crippen LogP contribution < -0.4 is 9.47 Å². The Hall–Kier alpha value is -2.79. The number of fused-ring (bicyclic) bond motifs is 1. The van der Waals surface area contributed by atoms with Gasteiger partial charge in [0.1, 0.15) is 11.5 Å². The van der Waals surface area contributed by atoms with Gasteiger partial charge in [-0.3, -0.25) is 0 Å². The van der Waals surface area contributed by atoms with Crippen molar-refractivity contribution in [2.45, 2.75) is 18.9 Å². The fourth-order valence-corrected chi connectivity index (χ4v) is 3.29. The third-order valence-electron chi connectivity index (χ3n) is 4.54. The average Bonchev–Trinajstić information content (AvgIpc) is 2.67. The van der Waals surface area contributed by atoms with Crippen LogP contribution in [-0.4, -0.2) is 31.9 Å². The summed E-state index contributed by atoms with van der Waals surface area (Å²) in [5.74, 6) is 0.597. The topological polar surface area (TPSA) is 65.0 Å². The third-order valence-corrected chi connectivity index (χ3v) is 4.54. The minimum atomic E-state index is -0.822. The molecule has 2 aromatic rings. The summed E-state index contributed by atoms with van der Waals surface area (Å²) in [6.07, 6.45) is 3.02. The Bertz CT molecular complexity index is 840. The highest BCUT2D eigenvalue weighted by Gasteiger charge is 2.30. The van der Waals surface area contributed by atoms with E-state index < -0.39 is 6.10 Å². The van der Waals surface area contributed by atoms with Gasteiger partial charge < -0.3 is 19.3 Å². The van der Waals surface area contributed by atoms with Crippen LogP contribution in [0.25, 0.3) is 6.08 Å². The lowest BCUT2D eigenvalue weighted by Crippen LogP contribution is -2.16. The average molecular weight is 354 g/mol. The van der Waals surface area contributed by atoms with Gasteiger partial charge in [0.15, 0.2) is 0 Å². The number of carbonyl (C=O) groups excluding carboxylic acids is 1. The third kappa shape index (κ3) is 3.18. The molecule has 2 aromatic carbocycles. The number of esters is 1. The van der Waals surface area contributed by atoms with Crippen LogP contribution in [-0.2, 0) is 4.74 Å². The Kier molecular flexibility index (Phi) is 5.28. The molecule has 136 valence electrons. The van der Waals surface area contributed by atoms with E-state index in [9.17, 15) is 9.90 Å². The van der Waals surface area contributed by atoms with Gasteiger partial charge in [-0.2, -0.15) is 0 Å². The summed E-state index contributed by atoms with van der Waals surface area (Å²) in [5, 5.41) is 11.0. The maximum atomic E-state index is 12.0. The number of benzene rings is 2. The summed E-state index contributed by atoms with van der Waals surface area (Å²) >= 11 is 0. The normalized spacial score (nSPS) is 18.2. The molecule has 0 aliphatic heterocycles. The molecular weight excluding hydrogens is 332 g/mol. The molecule has 1 aliphatic rings. The molecule has 0 saturated heterocycles. The second-order valence-electron chi connectivity index (χ2n) is 5.97. The van der Waals surface area contributed by atoms with Gasteiger partial charge >= 0.3 is 5.97 Å². The maximum Gasteiger partial charge on any atom is 0.338 e. The molecule has 5 nitrogen and oxygen atoms in total. The Morgan fingerprint density at radius 3 is 2.54 bits per heavy atom. The Morgan fingerprint density at radius 1 is 1.12 bits per heavy atom. The molecule has 0 bridgehead atoms. The van der Waals surface area contributed by atoms with E-state index in [0.717, 1.165) is 11.1 Å². The van der Waals surface area contributed by atoms with Crippen LogP contribution in [0.5, 0.6) is 11.5 Å². The molecule has 0 aromatic heterocycles. The fraction of sp³-hybridized carbons (Fsp3) is 0.286. The van der Waals surface area contributed by atoms with Crippen molar-refractivity contribution in [1.29, 1.82) is 0 Å². The monoisotopic (exact) mass is 354 g/mol. The minimum absolute atomic E-state index is 0.308. The van der Waals surface area contributed by atoms with Crippen molar-refractivity contribution in [3.63, 3.8) is 0 Å².